The van der Waals surface area contributed by atoms with Crippen LogP contribution in [0.1, 0.15) is 49.4 Å². The SMILES string of the molecule is CC[C@H]1/C(c2ccc(-c3ccccc3)cc2)=C/CC(C)/C(c2cc(-n3c4cc5ccccc5cc4c4cc5ccccc5cc43)cc3sc4ccccc4c23)=N\C1c1ccc2c(c1)sc1ccccc12. The Labute approximate surface area is 415 Å². The Bertz CT molecular complexity index is 4190. The van der Waals surface area contributed by atoms with Crippen molar-refractivity contribution in [1.29, 1.82) is 0 Å². The maximum Gasteiger partial charge on any atom is 0.0821 e. The van der Waals surface area contributed by atoms with Gasteiger partial charge >= 0.3 is 0 Å². The number of allylic oxidation sites excluding steroid dienone is 1. The largest absolute Gasteiger partial charge is 0.309 e. The van der Waals surface area contributed by atoms with Crippen LogP contribution in [0, 0.1) is 11.8 Å². The van der Waals surface area contributed by atoms with E-state index in [0.717, 1.165) is 12.8 Å². The van der Waals surface area contributed by atoms with Gasteiger partial charge in [0.25, 0.3) is 0 Å². The third kappa shape index (κ3) is 6.69. The molecule has 70 heavy (non-hydrogen) atoms. The lowest BCUT2D eigenvalue weighted by Crippen LogP contribution is -2.22. The van der Waals surface area contributed by atoms with Crippen LogP contribution < -0.4 is 0 Å². The van der Waals surface area contributed by atoms with Crippen LogP contribution in [0.2, 0.25) is 0 Å². The summed E-state index contributed by atoms with van der Waals surface area (Å²) in [7, 11) is 0. The van der Waals surface area contributed by atoms with E-state index < -0.39 is 0 Å². The van der Waals surface area contributed by atoms with Crippen molar-refractivity contribution in [2.24, 2.45) is 16.8 Å². The maximum atomic E-state index is 6.25. The summed E-state index contributed by atoms with van der Waals surface area (Å²) in [6, 6.07) is 77.2. The molecule has 0 bridgehead atoms. The normalized spacial score (nSPS) is 18.2. The van der Waals surface area contributed by atoms with Gasteiger partial charge in [-0.15, -0.1) is 22.7 Å². The quantitative estimate of drug-likeness (QED) is 0.158. The van der Waals surface area contributed by atoms with Crippen LogP contribution in [-0.2, 0) is 0 Å². The minimum absolute atomic E-state index is 0.119. The van der Waals surface area contributed by atoms with Gasteiger partial charge in [0.1, 0.15) is 0 Å². The predicted octanol–water partition coefficient (Wildman–Crippen LogP) is 19.2. The van der Waals surface area contributed by atoms with Crippen LogP contribution in [0.15, 0.2) is 217 Å². The summed E-state index contributed by atoms with van der Waals surface area (Å²) >= 11 is 3.80. The van der Waals surface area contributed by atoms with E-state index in [1.807, 2.05) is 22.7 Å². The number of benzene rings is 10. The van der Waals surface area contributed by atoms with E-state index in [0.29, 0.717) is 0 Å². The number of fused-ring (bicyclic) bond motifs is 11. The average Bonchev–Trinajstić information content (AvgIpc) is 4.07. The molecule has 13 aromatic rings. The molecule has 4 heterocycles. The second-order valence-corrected chi connectivity index (χ2v) is 21.5. The Kier molecular flexibility index (Phi) is 9.76. The lowest BCUT2D eigenvalue weighted by Gasteiger charge is -2.31. The lowest BCUT2D eigenvalue weighted by molar-refractivity contribution is 0.514. The Morgan fingerprint density at radius 3 is 1.73 bits per heavy atom. The van der Waals surface area contributed by atoms with E-state index in [9.17, 15) is 0 Å². The van der Waals surface area contributed by atoms with Crippen LogP contribution in [0.25, 0.3) is 106 Å². The number of nitrogens with zero attached hydrogens (tertiary/aromatic N) is 2. The van der Waals surface area contributed by atoms with Gasteiger partial charge in [-0.1, -0.05) is 172 Å². The van der Waals surface area contributed by atoms with Crippen molar-refractivity contribution in [2.75, 3.05) is 0 Å². The molecule has 1 aliphatic rings. The molecule has 10 aromatic carbocycles. The third-order valence-electron chi connectivity index (χ3n) is 15.2. The predicted molar refractivity (Wildman–Crippen MR) is 305 cm³/mol. The Balaban J connectivity index is 1.02. The van der Waals surface area contributed by atoms with Gasteiger partial charge < -0.3 is 4.57 Å². The molecule has 0 aliphatic carbocycles. The van der Waals surface area contributed by atoms with E-state index in [1.54, 1.807) is 0 Å². The van der Waals surface area contributed by atoms with Gasteiger partial charge in [-0.2, -0.15) is 0 Å². The summed E-state index contributed by atoms with van der Waals surface area (Å²) in [6.07, 6.45) is 4.41. The molecular formula is C66H48N2S2. The molecule has 3 atom stereocenters. The molecule has 14 rings (SSSR count). The van der Waals surface area contributed by atoms with E-state index in [2.05, 4.69) is 231 Å². The Morgan fingerprint density at radius 2 is 1.04 bits per heavy atom. The summed E-state index contributed by atoms with van der Waals surface area (Å²) in [5.74, 6) is 0.281. The van der Waals surface area contributed by atoms with Crippen LogP contribution in [0.4, 0.5) is 0 Å². The highest BCUT2D eigenvalue weighted by atomic mass is 32.1. The average molecular weight is 933 g/mol. The fraction of sp³-hybridized carbons (Fsp3) is 0.106. The summed E-state index contributed by atoms with van der Waals surface area (Å²) in [5, 5.41) is 12.8. The van der Waals surface area contributed by atoms with Crippen LogP contribution >= 0.6 is 22.7 Å². The minimum Gasteiger partial charge on any atom is -0.309 e. The molecule has 0 N–H and O–H groups in total. The zero-order valence-corrected chi connectivity index (χ0v) is 40.7. The lowest BCUT2D eigenvalue weighted by atomic mass is 9.78. The van der Waals surface area contributed by atoms with Crippen molar-refractivity contribution >= 4 is 118 Å². The first kappa shape index (κ1) is 41.4. The Morgan fingerprint density at radius 1 is 0.486 bits per heavy atom. The molecule has 2 nitrogen and oxygen atoms in total. The van der Waals surface area contributed by atoms with Gasteiger partial charge in [0, 0.05) is 79.9 Å². The molecule has 0 fully saturated rings. The maximum absolute atomic E-state index is 6.25. The molecule has 3 aromatic heterocycles. The first-order chi connectivity index (χ1) is 34.5. The summed E-state index contributed by atoms with van der Waals surface area (Å²) in [6.45, 7) is 4.78. The summed E-state index contributed by atoms with van der Waals surface area (Å²) < 4.78 is 7.77. The molecule has 0 saturated heterocycles. The first-order valence-electron chi connectivity index (χ1n) is 24.7. The molecule has 0 amide bonds. The number of aliphatic imine (C=N–C) groups is 1. The molecule has 0 spiro atoms. The van der Waals surface area contributed by atoms with Crippen LogP contribution in [0.5, 0.6) is 0 Å². The van der Waals surface area contributed by atoms with Gasteiger partial charge in [-0.05, 0) is 117 Å². The molecular weight excluding hydrogens is 885 g/mol. The molecule has 0 saturated carbocycles. The summed E-state index contributed by atoms with van der Waals surface area (Å²) in [4.78, 5) is 6.25. The fourth-order valence-corrected chi connectivity index (χ4v) is 14.1. The minimum atomic E-state index is -0.119. The standard InChI is InChI=1S/C66H48N2S2/c1-3-50-51(43-28-26-42(27-29-43)41-15-5-4-6-16-41)31-25-40(2)65(67-66(50)48-30-32-53-52-21-11-13-23-60(52)69-62(53)37-48)57-38-49(39-63-64(57)54-22-12-14-24-61(54)70-63)68-58-35-46-19-9-7-17-44(46)33-55(58)56-34-45-18-8-10-20-47(45)36-59(56)68/h4-24,26-40,50,66H,3,25H2,1-2H3/b51-31+,67-65+/t40?,50-,66?/m0/s1. The van der Waals surface area contributed by atoms with Gasteiger partial charge in [-0.3, -0.25) is 4.99 Å². The van der Waals surface area contributed by atoms with Gasteiger partial charge in [0.15, 0.2) is 0 Å². The van der Waals surface area contributed by atoms with E-state index in [1.165, 1.54) is 128 Å². The third-order valence-corrected chi connectivity index (χ3v) is 17.5. The zero-order chi connectivity index (χ0) is 46.5. The van der Waals surface area contributed by atoms with E-state index >= 15 is 0 Å². The number of hydrogen-bond donors (Lipinski definition) is 0. The van der Waals surface area contributed by atoms with Crippen molar-refractivity contribution in [3.05, 3.63) is 229 Å². The second kappa shape index (κ2) is 16.5. The zero-order valence-electron chi connectivity index (χ0n) is 39.1. The second-order valence-electron chi connectivity index (χ2n) is 19.3. The van der Waals surface area contributed by atoms with Gasteiger partial charge in [-0.25, -0.2) is 0 Å². The van der Waals surface area contributed by atoms with E-state index in [4.69, 9.17) is 4.99 Å². The summed E-state index contributed by atoms with van der Waals surface area (Å²) in [5.41, 5.74) is 12.4. The smallest absolute Gasteiger partial charge is 0.0821 e. The number of hydrogen-bond acceptors (Lipinski definition) is 3. The topological polar surface area (TPSA) is 17.3 Å². The van der Waals surface area contributed by atoms with Crippen LogP contribution in [0.3, 0.4) is 0 Å². The van der Waals surface area contributed by atoms with E-state index in [-0.39, 0.29) is 17.9 Å². The number of thiophene rings is 2. The van der Waals surface area contributed by atoms with Gasteiger partial charge in [0.2, 0.25) is 0 Å². The Hall–Kier alpha value is -7.63. The highest BCUT2D eigenvalue weighted by Gasteiger charge is 2.32. The van der Waals surface area contributed by atoms with Crippen molar-refractivity contribution < 1.29 is 0 Å². The van der Waals surface area contributed by atoms with Crippen molar-refractivity contribution in [3.63, 3.8) is 0 Å². The number of rotatable bonds is 6. The number of aromatic nitrogens is 1. The van der Waals surface area contributed by atoms with Crippen LogP contribution in [-0.4, -0.2) is 10.3 Å². The fourth-order valence-electron chi connectivity index (χ4n) is 11.8. The van der Waals surface area contributed by atoms with Crippen molar-refractivity contribution in [3.8, 4) is 16.8 Å². The van der Waals surface area contributed by atoms with Gasteiger partial charge in [0.05, 0.1) is 17.1 Å². The molecule has 2 unspecified atom stereocenters. The molecule has 334 valence electrons. The highest BCUT2D eigenvalue weighted by Crippen LogP contribution is 2.47. The van der Waals surface area contributed by atoms with Crippen molar-refractivity contribution in [2.45, 2.75) is 32.7 Å². The molecule has 0 radical (unpaired) electrons. The molecule has 4 heteroatoms. The monoisotopic (exact) mass is 932 g/mol. The highest BCUT2D eigenvalue weighted by molar-refractivity contribution is 7.26. The molecule has 1 aliphatic heterocycles. The van der Waals surface area contributed by atoms with Crippen molar-refractivity contribution in [1.82, 2.24) is 4.57 Å². The first-order valence-corrected chi connectivity index (χ1v) is 26.3.